The van der Waals surface area contributed by atoms with Crippen molar-refractivity contribution in [2.75, 3.05) is 18.5 Å². The molecule has 124 valence electrons. The van der Waals surface area contributed by atoms with Crippen LogP contribution in [0.25, 0.3) is 0 Å². The van der Waals surface area contributed by atoms with E-state index in [1.807, 2.05) is 12.1 Å². The molecule has 2 aromatic heterocycles. The van der Waals surface area contributed by atoms with Gasteiger partial charge in [0, 0.05) is 0 Å². The first-order chi connectivity index (χ1) is 11.8. The van der Waals surface area contributed by atoms with Crippen LogP contribution in [-0.2, 0) is 4.74 Å². The van der Waals surface area contributed by atoms with E-state index in [-0.39, 0.29) is 15.8 Å². The molecule has 24 heavy (non-hydrogen) atoms. The Bertz CT molecular complexity index is 696. The zero-order chi connectivity index (χ0) is 16.6. The van der Waals surface area contributed by atoms with E-state index in [2.05, 4.69) is 25.3 Å². The SMILES string of the molecule is N#Cc1cnc(Nc2cc([AsH]CCC3CCOCC3)ncn2)cn1. The van der Waals surface area contributed by atoms with Crippen molar-refractivity contribution in [3.05, 3.63) is 30.5 Å². The number of hydrogen-bond donors (Lipinski definition) is 1. The third-order valence-electron chi connectivity index (χ3n) is 3.89. The Kier molecular flexibility index (Phi) is 6.11. The molecule has 7 nitrogen and oxygen atoms in total. The number of ether oxygens (including phenoxy) is 1. The van der Waals surface area contributed by atoms with Crippen LogP contribution < -0.4 is 9.80 Å². The van der Waals surface area contributed by atoms with Crippen molar-refractivity contribution in [3.63, 3.8) is 0 Å². The maximum absolute atomic E-state index is 8.73. The number of aromatic nitrogens is 4. The molecule has 1 unspecified atom stereocenters. The Hall–Kier alpha value is -2.03. The third kappa shape index (κ3) is 4.98. The summed E-state index contributed by atoms with van der Waals surface area (Å²) in [6, 6.07) is 3.94. The van der Waals surface area contributed by atoms with Gasteiger partial charge < -0.3 is 0 Å². The van der Waals surface area contributed by atoms with Gasteiger partial charge >= 0.3 is 147 Å². The predicted molar refractivity (Wildman–Crippen MR) is 91.8 cm³/mol. The Morgan fingerprint density at radius 1 is 1.17 bits per heavy atom. The Morgan fingerprint density at radius 3 is 2.79 bits per heavy atom. The molecular formula is C16H19AsN6O. The van der Waals surface area contributed by atoms with E-state index in [9.17, 15) is 0 Å². The van der Waals surface area contributed by atoms with Gasteiger partial charge in [-0.15, -0.1) is 0 Å². The number of nitrogens with zero attached hydrogens (tertiary/aromatic N) is 5. The van der Waals surface area contributed by atoms with E-state index in [0.29, 0.717) is 17.3 Å². The number of hydrogen-bond acceptors (Lipinski definition) is 7. The van der Waals surface area contributed by atoms with Crippen molar-refractivity contribution in [2.45, 2.75) is 24.5 Å². The first kappa shape index (κ1) is 16.8. The van der Waals surface area contributed by atoms with E-state index in [1.54, 1.807) is 6.33 Å². The average Bonchev–Trinajstić information content (AvgIpc) is 2.64. The van der Waals surface area contributed by atoms with Crippen LogP contribution in [0.2, 0.25) is 5.21 Å². The molecule has 1 saturated heterocycles. The molecule has 1 N–H and O–H groups in total. The molecule has 3 heterocycles. The second-order valence-corrected chi connectivity index (χ2v) is 8.45. The van der Waals surface area contributed by atoms with Crippen molar-refractivity contribution in [1.29, 1.82) is 5.26 Å². The van der Waals surface area contributed by atoms with Gasteiger partial charge in [0.25, 0.3) is 0 Å². The monoisotopic (exact) mass is 386 g/mol. The molecule has 0 bridgehead atoms. The van der Waals surface area contributed by atoms with E-state index >= 15 is 0 Å². The van der Waals surface area contributed by atoms with Gasteiger partial charge in [-0.25, -0.2) is 0 Å². The molecule has 0 spiro atoms. The quantitative estimate of drug-likeness (QED) is 0.745. The molecule has 1 fully saturated rings. The van der Waals surface area contributed by atoms with Crippen LogP contribution >= 0.6 is 0 Å². The summed E-state index contributed by atoms with van der Waals surface area (Å²) in [6.07, 6.45) is 8.22. The fourth-order valence-corrected chi connectivity index (χ4v) is 5.05. The van der Waals surface area contributed by atoms with Gasteiger partial charge in [0.05, 0.1) is 0 Å². The summed E-state index contributed by atoms with van der Waals surface area (Å²) in [4.78, 5) is 16.7. The summed E-state index contributed by atoms with van der Waals surface area (Å²) >= 11 is -0.256. The fraction of sp³-hybridized carbons (Fsp3) is 0.438. The van der Waals surface area contributed by atoms with E-state index in [1.165, 1.54) is 36.9 Å². The molecule has 0 saturated carbocycles. The molecule has 1 atom stereocenters. The first-order valence-corrected chi connectivity index (χ1v) is 10.5. The van der Waals surface area contributed by atoms with Crippen molar-refractivity contribution < 1.29 is 4.74 Å². The standard InChI is InChI=1S/C16H19AsN6O/c18-8-13-9-20-16(10-19-13)23-15-7-14(21-11-22-15)17-4-1-12-2-5-24-6-3-12/h7,9-12,17H,1-6H2,(H,20,21,22,23). The minimum absolute atomic E-state index is 0.256. The molecule has 1 aliphatic rings. The van der Waals surface area contributed by atoms with Crippen molar-refractivity contribution >= 4 is 31.9 Å². The van der Waals surface area contributed by atoms with Crippen molar-refractivity contribution in [3.8, 4) is 6.07 Å². The van der Waals surface area contributed by atoms with Gasteiger partial charge in [-0.1, -0.05) is 0 Å². The molecule has 1 aliphatic heterocycles. The summed E-state index contributed by atoms with van der Waals surface area (Å²) < 4.78 is 6.54. The first-order valence-electron chi connectivity index (χ1n) is 7.96. The predicted octanol–water partition coefficient (Wildman–Crippen LogP) is 1.18. The number of anilines is 2. The molecule has 0 aromatic carbocycles. The Morgan fingerprint density at radius 2 is 2.04 bits per heavy atom. The van der Waals surface area contributed by atoms with Crippen LogP contribution in [0.4, 0.5) is 11.6 Å². The van der Waals surface area contributed by atoms with Gasteiger partial charge in [-0.2, -0.15) is 0 Å². The summed E-state index contributed by atoms with van der Waals surface area (Å²) in [7, 11) is 0. The number of nitriles is 1. The van der Waals surface area contributed by atoms with Crippen LogP contribution in [0.15, 0.2) is 24.8 Å². The molecule has 0 aliphatic carbocycles. The molecule has 0 amide bonds. The van der Waals surface area contributed by atoms with Gasteiger partial charge in [-0.05, 0) is 0 Å². The van der Waals surface area contributed by atoms with Gasteiger partial charge in [0.2, 0.25) is 0 Å². The zero-order valence-corrected chi connectivity index (χ0v) is 15.4. The minimum atomic E-state index is -0.256. The maximum atomic E-state index is 8.73. The van der Waals surface area contributed by atoms with Crippen LogP contribution in [-0.4, -0.2) is 48.9 Å². The molecule has 8 heteroatoms. The summed E-state index contributed by atoms with van der Waals surface area (Å²) in [5.74, 6) is 2.10. The van der Waals surface area contributed by atoms with Gasteiger partial charge in [0.1, 0.15) is 0 Å². The normalized spacial score (nSPS) is 15.5. The van der Waals surface area contributed by atoms with Crippen LogP contribution in [0.1, 0.15) is 25.0 Å². The van der Waals surface area contributed by atoms with E-state index in [4.69, 9.17) is 10.00 Å². The molecule has 0 radical (unpaired) electrons. The summed E-state index contributed by atoms with van der Waals surface area (Å²) in [5, 5.41) is 13.1. The van der Waals surface area contributed by atoms with E-state index in [0.717, 1.165) is 23.6 Å². The molecule has 2 aromatic rings. The topological polar surface area (TPSA) is 96.6 Å². The molecule has 3 rings (SSSR count). The van der Waals surface area contributed by atoms with Crippen LogP contribution in [0.5, 0.6) is 0 Å². The second-order valence-electron chi connectivity index (χ2n) is 5.58. The second kappa shape index (κ2) is 8.72. The summed E-state index contributed by atoms with van der Waals surface area (Å²) in [5.41, 5.74) is 0.295. The van der Waals surface area contributed by atoms with E-state index < -0.39 is 0 Å². The summed E-state index contributed by atoms with van der Waals surface area (Å²) in [6.45, 7) is 1.83. The average molecular weight is 386 g/mol. The zero-order valence-electron chi connectivity index (χ0n) is 13.3. The van der Waals surface area contributed by atoms with Crippen LogP contribution in [0.3, 0.4) is 0 Å². The van der Waals surface area contributed by atoms with Crippen molar-refractivity contribution in [2.24, 2.45) is 5.92 Å². The van der Waals surface area contributed by atoms with Gasteiger partial charge in [-0.3, -0.25) is 0 Å². The number of nitrogens with one attached hydrogen (secondary N) is 1. The van der Waals surface area contributed by atoms with Crippen LogP contribution in [0, 0.1) is 17.2 Å². The van der Waals surface area contributed by atoms with Crippen molar-refractivity contribution in [1.82, 2.24) is 19.9 Å². The van der Waals surface area contributed by atoms with Gasteiger partial charge in [0.15, 0.2) is 0 Å². The number of rotatable bonds is 6. The Labute approximate surface area is 147 Å². The Balaban J connectivity index is 1.52. The molecular weight excluding hydrogens is 367 g/mol. The third-order valence-corrected chi connectivity index (χ3v) is 6.35. The fourth-order valence-electron chi connectivity index (χ4n) is 2.54.